The number of nitrogens with one attached hydrogen (secondary N) is 1. The molecule has 0 aliphatic heterocycles. The molecule has 0 aliphatic carbocycles. The van der Waals surface area contributed by atoms with Crippen LogP contribution < -0.4 is 5.43 Å². The van der Waals surface area contributed by atoms with Gasteiger partial charge in [-0.3, -0.25) is 5.43 Å². The van der Waals surface area contributed by atoms with Crippen LogP contribution in [0.3, 0.4) is 0 Å². The molecule has 7 heteroatoms. The minimum absolute atomic E-state index is 0.213. The molecule has 3 rings (SSSR count). The molecule has 0 atom stereocenters. The Morgan fingerprint density at radius 1 is 1.24 bits per heavy atom. The third-order valence-electron chi connectivity index (χ3n) is 3.45. The number of hydrazone groups is 1. The Labute approximate surface area is 159 Å². The Morgan fingerprint density at radius 3 is 2.76 bits per heavy atom. The number of rotatable bonds is 4. The van der Waals surface area contributed by atoms with E-state index < -0.39 is 0 Å². The van der Waals surface area contributed by atoms with Crippen LogP contribution >= 0.6 is 34.5 Å². The van der Waals surface area contributed by atoms with Crippen LogP contribution in [0.1, 0.15) is 10.6 Å². The van der Waals surface area contributed by atoms with Gasteiger partial charge in [0.1, 0.15) is 6.07 Å². The van der Waals surface area contributed by atoms with E-state index in [4.69, 9.17) is 23.2 Å². The number of hydrogen-bond acceptors (Lipinski definition) is 5. The maximum Gasteiger partial charge on any atom is 0.196 e. The van der Waals surface area contributed by atoms with Crippen molar-refractivity contribution in [3.05, 3.63) is 68.5 Å². The van der Waals surface area contributed by atoms with E-state index in [0.717, 1.165) is 16.8 Å². The Morgan fingerprint density at radius 2 is 2.04 bits per heavy atom. The van der Waals surface area contributed by atoms with Crippen LogP contribution in [0.15, 0.2) is 52.9 Å². The molecule has 0 fully saturated rings. The molecule has 25 heavy (non-hydrogen) atoms. The fourth-order valence-electron chi connectivity index (χ4n) is 2.14. The number of aromatic nitrogens is 1. The first-order chi connectivity index (χ1) is 12.1. The lowest BCUT2D eigenvalue weighted by atomic mass is 10.2. The molecule has 0 amide bonds. The normalized spacial score (nSPS) is 11.2. The number of thiazole rings is 1. The summed E-state index contributed by atoms with van der Waals surface area (Å²) in [4.78, 5) is 4.47. The second-order valence-electron chi connectivity index (χ2n) is 5.16. The van der Waals surface area contributed by atoms with Crippen molar-refractivity contribution in [2.24, 2.45) is 5.10 Å². The molecule has 124 valence electrons. The first-order valence-corrected chi connectivity index (χ1v) is 8.93. The van der Waals surface area contributed by atoms with Crippen LogP contribution in [0.2, 0.25) is 10.0 Å². The molecule has 3 aromatic rings. The summed E-state index contributed by atoms with van der Waals surface area (Å²) in [6.45, 7) is 1.97. The number of benzene rings is 2. The molecule has 0 unspecified atom stereocenters. The first-order valence-electron chi connectivity index (χ1n) is 7.29. The average molecular weight is 387 g/mol. The molecule has 0 radical (unpaired) electrons. The van der Waals surface area contributed by atoms with Gasteiger partial charge in [-0.1, -0.05) is 41.4 Å². The monoisotopic (exact) mass is 386 g/mol. The van der Waals surface area contributed by atoms with Gasteiger partial charge in [-0.05, 0) is 36.8 Å². The summed E-state index contributed by atoms with van der Waals surface area (Å²) in [6, 6.07) is 15.0. The fraction of sp³-hybridized carbons (Fsp3) is 0.0556. The van der Waals surface area contributed by atoms with Gasteiger partial charge in [-0.25, -0.2) is 4.98 Å². The molecule has 4 nitrogen and oxygen atoms in total. The topological polar surface area (TPSA) is 61.1 Å². The maximum atomic E-state index is 9.40. The highest BCUT2D eigenvalue weighted by molar-refractivity contribution is 7.12. The van der Waals surface area contributed by atoms with Gasteiger partial charge in [-0.15, -0.1) is 11.3 Å². The molecule has 0 saturated carbocycles. The van der Waals surface area contributed by atoms with Crippen molar-refractivity contribution in [3.63, 3.8) is 0 Å². The lowest BCUT2D eigenvalue weighted by Gasteiger charge is -2.04. The highest BCUT2D eigenvalue weighted by Crippen LogP contribution is 2.31. The minimum atomic E-state index is 0.213. The number of aryl methyl sites for hydroxylation is 1. The Kier molecular flexibility index (Phi) is 5.34. The summed E-state index contributed by atoms with van der Waals surface area (Å²) in [6.07, 6.45) is 0. The van der Waals surface area contributed by atoms with Gasteiger partial charge in [0, 0.05) is 16.0 Å². The summed E-state index contributed by atoms with van der Waals surface area (Å²) in [5.74, 6) is 0. The van der Waals surface area contributed by atoms with E-state index in [2.05, 4.69) is 21.6 Å². The number of para-hydroxylation sites is 1. The van der Waals surface area contributed by atoms with Crippen LogP contribution in [0.5, 0.6) is 0 Å². The molecular weight excluding hydrogens is 375 g/mol. The summed E-state index contributed by atoms with van der Waals surface area (Å²) in [5, 5.41) is 17.0. The van der Waals surface area contributed by atoms with Crippen molar-refractivity contribution in [1.82, 2.24) is 4.98 Å². The standard InChI is InChI=1S/C18H12Cl2N4S/c1-11-4-2-3-5-15(11)23-24-16(9-21)18-22-17(10-25-18)13-7-6-12(19)8-14(13)20/h2-8,10,23H,1H3/b24-16+. The second-order valence-corrected chi connectivity index (χ2v) is 6.86. The van der Waals surface area contributed by atoms with Gasteiger partial charge >= 0.3 is 0 Å². The van der Waals surface area contributed by atoms with E-state index in [1.807, 2.05) is 36.6 Å². The average Bonchev–Trinajstić information content (AvgIpc) is 3.06. The van der Waals surface area contributed by atoms with Gasteiger partial charge in [0.25, 0.3) is 0 Å². The highest BCUT2D eigenvalue weighted by atomic mass is 35.5. The highest BCUT2D eigenvalue weighted by Gasteiger charge is 2.13. The van der Waals surface area contributed by atoms with Gasteiger partial charge in [0.15, 0.2) is 10.7 Å². The molecule has 0 aliphatic rings. The predicted octanol–water partition coefficient (Wildman–Crippen LogP) is 5.77. The molecule has 1 heterocycles. The van der Waals surface area contributed by atoms with Gasteiger partial charge in [-0.2, -0.15) is 10.4 Å². The van der Waals surface area contributed by atoms with Crippen molar-refractivity contribution in [2.45, 2.75) is 6.92 Å². The lowest BCUT2D eigenvalue weighted by molar-refractivity contribution is 1.28. The third-order valence-corrected chi connectivity index (χ3v) is 4.85. The molecule has 1 N–H and O–H groups in total. The van der Waals surface area contributed by atoms with Crippen LogP contribution in [-0.4, -0.2) is 10.7 Å². The Hall–Kier alpha value is -2.39. The lowest BCUT2D eigenvalue weighted by Crippen LogP contribution is -2.02. The van der Waals surface area contributed by atoms with E-state index >= 15 is 0 Å². The molecule has 0 saturated heterocycles. The van der Waals surface area contributed by atoms with Gasteiger partial charge < -0.3 is 0 Å². The van der Waals surface area contributed by atoms with Crippen molar-refractivity contribution < 1.29 is 0 Å². The molecule has 0 spiro atoms. The minimum Gasteiger partial charge on any atom is -0.277 e. The SMILES string of the molecule is Cc1ccccc1N/N=C(\C#N)c1nc(-c2ccc(Cl)cc2Cl)cs1. The van der Waals surface area contributed by atoms with Crippen molar-refractivity contribution in [3.8, 4) is 17.3 Å². The largest absolute Gasteiger partial charge is 0.277 e. The van der Waals surface area contributed by atoms with Crippen LogP contribution in [0, 0.1) is 18.3 Å². The number of nitrogens with zero attached hydrogens (tertiary/aromatic N) is 3. The third kappa shape index (κ3) is 3.99. The summed E-state index contributed by atoms with van der Waals surface area (Å²) in [5.41, 5.74) is 6.45. The maximum absolute atomic E-state index is 9.40. The van der Waals surface area contributed by atoms with E-state index in [-0.39, 0.29) is 5.71 Å². The zero-order valence-corrected chi connectivity index (χ0v) is 15.5. The number of hydrogen-bond donors (Lipinski definition) is 1. The molecule has 0 bridgehead atoms. The smallest absolute Gasteiger partial charge is 0.196 e. The molecular formula is C18H12Cl2N4S. The van der Waals surface area contributed by atoms with E-state index in [0.29, 0.717) is 20.7 Å². The number of nitriles is 1. The summed E-state index contributed by atoms with van der Waals surface area (Å²) < 4.78 is 0. The molecule has 1 aromatic heterocycles. The fourth-order valence-corrected chi connectivity index (χ4v) is 3.40. The quantitative estimate of drug-likeness (QED) is 0.457. The van der Waals surface area contributed by atoms with E-state index in [9.17, 15) is 5.26 Å². The van der Waals surface area contributed by atoms with Crippen LogP contribution in [0.25, 0.3) is 11.3 Å². The van der Waals surface area contributed by atoms with Crippen molar-refractivity contribution in [2.75, 3.05) is 5.43 Å². The van der Waals surface area contributed by atoms with Crippen molar-refractivity contribution in [1.29, 1.82) is 5.26 Å². The van der Waals surface area contributed by atoms with Crippen LogP contribution in [0.4, 0.5) is 5.69 Å². The van der Waals surface area contributed by atoms with E-state index in [1.54, 1.807) is 18.2 Å². The summed E-state index contributed by atoms with van der Waals surface area (Å²) in [7, 11) is 0. The van der Waals surface area contributed by atoms with Gasteiger partial charge in [0.2, 0.25) is 0 Å². The van der Waals surface area contributed by atoms with Gasteiger partial charge in [0.05, 0.1) is 16.4 Å². The van der Waals surface area contributed by atoms with Crippen molar-refractivity contribution >= 4 is 45.9 Å². The Balaban J connectivity index is 1.88. The first kappa shape index (κ1) is 17.4. The number of anilines is 1. The number of halogens is 2. The van der Waals surface area contributed by atoms with Crippen LogP contribution in [-0.2, 0) is 0 Å². The summed E-state index contributed by atoms with van der Waals surface area (Å²) >= 11 is 13.5. The second kappa shape index (κ2) is 7.66. The zero-order chi connectivity index (χ0) is 17.8. The van der Waals surface area contributed by atoms with E-state index in [1.165, 1.54) is 11.3 Å². The zero-order valence-electron chi connectivity index (χ0n) is 13.1. The Bertz CT molecular complexity index is 989. The molecule has 2 aromatic carbocycles. The predicted molar refractivity (Wildman–Crippen MR) is 105 cm³/mol.